The minimum Gasteiger partial charge on any atom is -0.394 e. The van der Waals surface area contributed by atoms with Gasteiger partial charge in [0, 0.05) is 12.6 Å². The van der Waals surface area contributed by atoms with E-state index in [-0.39, 0.29) is 0 Å². The van der Waals surface area contributed by atoms with Crippen molar-refractivity contribution in [3.8, 4) is 0 Å². The van der Waals surface area contributed by atoms with Gasteiger partial charge in [-0.25, -0.2) is 9.97 Å². The minimum atomic E-state index is 0.510. The number of hydrogen-bond acceptors (Lipinski definition) is 4. The molecule has 0 saturated carbocycles. The summed E-state index contributed by atoms with van der Waals surface area (Å²) in [7, 11) is 0. The van der Waals surface area contributed by atoms with Crippen molar-refractivity contribution in [1.29, 1.82) is 0 Å². The lowest BCUT2D eigenvalue weighted by molar-refractivity contribution is 0.362. The first-order valence-corrected chi connectivity index (χ1v) is 5.52. The van der Waals surface area contributed by atoms with Crippen LogP contribution < -0.4 is 10.6 Å². The Balaban J connectivity index is 2.26. The van der Waals surface area contributed by atoms with Gasteiger partial charge in [-0.15, -0.1) is 0 Å². The molecule has 0 aliphatic carbocycles. The first kappa shape index (κ1) is 10.2. The second-order valence-electron chi connectivity index (χ2n) is 4.36. The summed E-state index contributed by atoms with van der Waals surface area (Å²) >= 11 is 0. The highest BCUT2D eigenvalue weighted by molar-refractivity contribution is 5.61. The van der Waals surface area contributed by atoms with Crippen LogP contribution in [-0.2, 0) is 0 Å². The maximum Gasteiger partial charge on any atom is 0.155 e. The van der Waals surface area contributed by atoms with Crippen molar-refractivity contribution < 1.29 is 0 Å². The van der Waals surface area contributed by atoms with Crippen molar-refractivity contribution in [2.24, 2.45) is 5.92 Å². The Bertz CT molecular complexity index is 339. The fourth-order valence-corrected chi connectivity index (χ4v) is 2.21. The molecule has 2 atom stereocenters. The van der Waals surface area contributed by atoms with E-state index in [0.29, 0.717) is 17.6 Å². The van der Waals surface area contributed by atoms with E-state index < -0.39 is 0 Å². The maximum absolute atomic E-state index is 5.89. The van der Waals surface area contributed by atoms with Gasteiger partial charge in [0.05, 0.1) is 11.9 Å². The molecule has 2 rings (SSSR count). The van der Waals surface area contributed by atoms with Crippen LogP contribution in [0.3, 0.4) is 0 Å². The van der Waals surface area contributed by atoms with Crippen molar-refractivity contribution in [3.63, 3.8) is 0 Å². The second-order valence-corrected chi connectivity index (χ2v) is 4.36. The standard InChI is InChI=1S/C11H18N4/c1-8-4-3-5-15(9(8)2)11-10(12)6-13-7-14-11/h6-9H,3-5,12H2,1-2H3. The molecule has 4 heteroatoms. The number of aromatic nitrogens is 2. The van der Waals surface area contributed by atoms with Crippen LogP contribution in [-0.4, -0.2) is 22.6 Å². The van der Waals surface area contributed by atoms with Gasteiger partial charge < -0.3 is 10.6 Å². The van der Waals surface area contributed by atoms with Gasteiger partial charge in [-0.05, 0) is 25.7 Å². The molecule has 1 fully saturated rings. The van der Waals surface area contributed by atoms with Gasteiger partial charge in [0.15, 0.2) is 5.82 Å². The molecule has 82 valence electrons. The summed E-state index contributed by atoms with van der Waals surface area (Å²) in [4.78, 5) is 10.5. The van der Waals surface area contributed by atoms with E-state index in [1.165, 1.54) is 12.8 Å². The van der Waals surface area contributed by atoms with E-state index in [2.05, 4.69) is 28.7 Å². The summed E-state index contributed by atoms with van der Waals surface area (Å²) in [6.45, 7) is 5.58. The third-order valence-electron chi connectivity index (χ3n) is 3.36. The van der Waals surface area contributed by atoms with E-state index in [9.17, 15) is 0 Å². The predicted molar refractivity (Wildman–Crippen MR) is 61.7 cm³/mol. The largest absolute Gasteiger partial charge is 0.394 e. The highest BCUT2D eigenvalue weighted by Crippen LogP contribution is 2.29. The van der Waals surface area contributed by atoms with E-state index in [1.807, 2.05) is 0 Å². The van der Waals surface area contributed by atoms with E-state index in [1.54, 1.807) is 12.5 Å². The molecule has 1 aliphatic rings. The number of nitrogens with two attached hydrogens (primary N) is 1. The smallest absolute Gasteiger partial charge is 0.155 e. The van der Waals surface area contributed by atoms with Gasteiger partial charge in [-0.3, -0.25) is 0 Å². The van der Waals surface area contributed by atoms with Crippen molar-refractivity contribution in [3.05, 3.63) is 12.5 Å². The number of nitrogens with zero attached hydrogens (tertiary/aromatic N) is 3. The summed E-state index contributed by atoms with van der Waals surface area (Å²) in [6.07, 6.45) is 5.75. The summed E-state index contributed by atoms with van der Waals surface area (Å²) < 4.78 is 0. The average Bonchev–Trinajstić information content (AvgIpc) is 2.23. The van der Waals surface area contributed by atoms with Crippen molar-refractivity contribution in [2.75, 3.05) is 17.2 Å². The lowest BCUT2D eigenvalue weighted by Crippen LogP contribution is -2.43. The van der Waals surface area contributed by atoms with Crippen LogP contribution in [0.5, 0.6) is 0 Å². The van der Waals surface area contributed by atoms with Crippen molar-refractivity contribution in [2.45, 2.75) is 32.7 Å². The zero-order chi connectivity index (χ0) is 10.8. The van der Waals surface area contributed by atoms with Gasteiger partial charge in [-0.2, -0.15) is 0 Å². The Hall–Kier alpha value is -1.32. The topological polar surface area (TPSA) is 55.0 Å². The SMILES string of the molecule is CC1CCCN(c2ncncc2N)C1C. The molecule has 1 aromatic rings. The molecule has 0 aromatic carbocycles. The van der Waals surface area contributed by atoms with Gasteiger partial charge >= 0.3 is 0 Å². The maximum atomic E-state index is 5.89. The fraction of sp³-hybridized carbons (Fsp3) is 0.636. The highest BCUT2D eigenvalue weighted by Gasteiger charge is 2.26. The van der Waals surface area contributed by atoms with E-state index >= 15 is 0 Å². The van der Waals surface area contributed by atoms with Crippen LogP contribution in [0, 0.1) is 5.92 Å². The van der Waals surface area contributed by atoms with Crippen LogP contribution >= 0.6 is 0 Å². The van der Waals surface area contributed by atoms with Gasteiger partial charge in [0.1, 0.15) is 6.33 Å². The summed E-state index contributed by atoms with van der Waals surface area (Å²) in [6, 6.07) is 0.510. The molecular weight excluding hydrogens is 188 g/mol. The van der Waals surface area contributed by atoms with Gasteiger partial charge in [0.2, 0.25) is 0 Å². The van der Waals surface area contributed by atoms with Crippen LogP contribution in [0.4, 0.5) is 11.5 Å². The molecule has 0 bridgehead atoms. The Labute approximate surface area is 90.5 Å². The zero-order valence-electron chi connectivity index (χ0n) is 9.35. The molecule has 0 amide bonds. The number of hydrogen-bond donors (Lipinski definition) is 1. The van der Waals surface area contributed by atoms with Crippen LogP contribution in [0.2, 0.25) is 0 Å². The fourth-order valence-electron chi connectivity index (χ4n) is 2.21. The number of rotatable bonds is 1. The number of piperidine rings is 1. The monoisotopic (exact) mass is 206 g/mol. The zero-order valence-corrected chi connectivity index (χ0v) is 9.35. The number of anilines is 2. The molecule has 2 heterocycles. The lowest BCUT2D eigenvalue weighted by Gasteiger charge is -2.39. The highest BCUT2D eigenvalue weighted by atomic mass is 15.2. The normalized spacial score (nSPS) is 26.7. The third kappa shape index (κ3) is 1.89. The molecule has 0 spiro atoms. The molecule has 4 nitrogen and oxygen atoms in total. The molecular formula is C11H18N4. The first-order valence-electron chi connectivity index (χ1n) is 5.52. The molecule has 1 aliphatic heterocycles. The second kappa shape index (κ2) is 4.04. The third-order valence-corrected chi connectivity index (χ3v) is 3.36. The first-order chi connectivity index (χ1) is 7.20. The summed E-state index contributed by atoms with van der Waals surface area (Å²) in [5, 5.41) is 0. The predicted octanol–water partition coefficient (Wildman–Crippen LogP) is 1.68. The Morgan fingerprint density at radius 3 is 3.00 bits per heavy atom. The van der Waals surface area contributed by atoms with Crippen LogP contribution in [0.15, 0.2) is 12.5 Å². The van der Waals surface area contributed by atoms with Crippen LogP contribution in [0.1, 0.15) is 26.7 Å². The molecule has 1 saturated heterocycles. The van der Waals surface area contributed by atoms with Crippen molar-refractivity contribution in [1.82, 2.24) is 9.97 Å². The van der Waals surface area contributed by atoms with Gasteiger partial charge in [0.25, 0.3) is 0 Å². The molecule has 15 heavy (non-hydrogen) atoms. The summed E-state index contributed by atoms with van der Waals surface area (Å²) in [5.41, 5.74) is 6.57. The molecule has 2 N–H and O–H groups in total. The average molecular weight is 206 g/mol. The minimum absolute atomic E-state index is 0.510. The van der Waals surface area contributed by atoms with Crippen molar-refractivity contribution >= 4 is 11.5 Å². The molecule has 0 radical (unpaired) electrons. The number of nitrogen functional groups attached to an aromatic ring is 1. The lowest BCUT2D eigenvalue weighted by atomic mass is 9.92. The Morgan fingerprint density at radius 2 is 2.27 bits per heavy atom. The summed E-state index contributed by atoms with van der Waals surface area (Å²) in [5.74, 6) is 1.59. The quantitative estimate of drug-likeness (QED) is 0.759. The Kier molecular flexibility index (Phi) is 2.75. The van der Waals surface area contributed by atoms with E-state index in [0.717, 1.165) is 12.4 Å². The Morgan fingerprint density at radius 1 is 1.47 bits per heavy atom. The van der Waals surface area contributed by atoms with Crippen LogP contribution in [0.25, 0.3) is 0 Å². The van der Waals surface area contributed by atoms with E-state index in [4.69, 9.17) is 5.73 Å². The molecule has 2 unspecified atom stereocenters. The molecule has 1 aromatic heterocycles. The van der Waals surface area contributed by atoms with Gasteiger partial charge in [-0.1, -0.05) is 6.92 Å².